The molecule has 0 aromatic heterocycles. The quantitative estimate of drug-likeness (QED) is 0.631. The zero-order chi connectivity index (χ0) is 13.5. The number of hydrogen-bond donors (Lipinski definition) is 3. The van der Waals surface area contributed by atoms with Crippen molar-refractivity contribution in [3.05, 3.63) is 34.9 Å². The molecule has 0 saturated carbocycles. The van der Waals surface area contributed by atoms with Crippen molar-refractivity contribution in [2.45, 2.75) is 6.92 Å². The molecule has 1 rings (SSSR count). The average molecular weight is 246 g/mol. The summed E-state index contributed by atoms with van der Waals surface area (Å²) in [4.78, 5) is 22.4. The second-order valence-electron chi connectivity index (χ2n) is 3.66. The number of rotatable bonds is 3. The monoisotopic (exact) mass is 246 g/mol. The van der Waals surface area contributed by atoms with Crippen molar-refractivity contribution in [3.8, 4) is 11.8 Å². The number of carbonyl (C=O) groups excluding carboxylic acids is 2. The molecule has 0 aliphatic carbocycles. The van der Waals surface area contributed by atoms with Crippen LogP contribution in [0.3, 0.4) is 0 Å². The van der Waals surface area contributed by atoms with Gasteiger partial charge in [-0.2, -0.15) is 0 Å². The van der Waals surface area contributed by atoms with E-state index in [0.29, 0.717) is 11.1 Å². The molecule has 0 fully saturated rings. The molecule has 0 unspecified atom stereocenters. The predicted octanol–water partition coefficient (Wildman–Crippen LogP) is -0.446. The summed E-state index contributed by atoms with van der Waals surface area (Å²) in [6.07, 6.45) is 0. The van der Waals surface area contributed by atoms with E-state index in [2.05, 4.69) is 17.2 Å². The number of carbonyl (C=O) groups is 2. The molecule has 0 saturated heterocycles. The zero-order valence-corrected chi connectivity index (χ0v) is 9.99. The van der Waals surface area contributed by atoms with Crippen LogP contribution in [0.2, 0.25) is 0 Å². The fourth-order valence-corrected chi connectivity index (χ4v) is 1.35. The van der Waals surface area contributed by atoms with Crippen LogP contribution in [0.5, 0.6) is 0 Å². The Balaban J connectivity index is 3.01. The first-order chi connectivity index (χ1) is 8.54. The van der Waals surface area contributed by atoms with Crippen LogP contribution in [0.15, 0.2) is 18.2 Å². The maximum absolute atomic E-state index is 11.8. The van der Waals surface area contributed by atoms with Gasteiger partial charge in [-0.25, -0.2) is 0 Å². The third-order valence-corrected chi connectivity index (χ3v) is 2.14. The van der Waals surface area contributed by atoms with Gasteiger partial charge in [0, 0.05) is 5.56 Å². The molecule has 0 aliphatic heterocycles. The first-order valence-corrected chi connectivity index (χ1v) is 5.31. The lowest BCUT2D eigenvalue weighted by molar-refractivity contribution is -0.117. The number of aliphatic hydroxyl groups is 1. The molecular weight excluding hydrogens is 232 g/mol. The lowest BCUT2D eigenvalue weighted by Gasteiger charge is -2.06. The third-order valence-electron chi connectivity index (χ3n) is 2.14. The topological polar surface area (TPSA) is 92.4 Å². The molecule has 1 aromatic rings. The van der Waals surface area contributed by atoms with Crippen molar-refractivity contribution in [3.63, 3.8) is 0 Å². The Morgan fingerprint density at radius 2 is 2.17 bits per heavy atom. The van der Waals surface area contributed by atoms with E-state index in [9.17, 15) is 9.59 Å². The Labute approximate surface area is 105 Å². The minimum absolute atomic E-state index is 0.223. The number of amides is 2. The van der Waals surface area contributed by atoms with Gasteiger partial charge in [0.1, 0.15) is 6.61 Å². The standard InChI is InChI=1S/C13H14N2O3/c1-9-4-5-10(3-2-6-16)11(7-9)13(18)15-8-12(14)17/h4-5,7,16H,6,8H2,1H3,(H2,14,17)(H,15,18). The van der Waals surface area contributed by atoms with Crippen LogP contribution in [-0.2, 0) is 4.79 Å². The van der Waals surface area contributed by atoms with Crippen molar-refractivity contribution in [2.24, 2.45) is 5.73 Å². The minimum atomic E-state index is -0.612. The third kappa shape index (κ3) is 3.92. The Morgan fingerprint density at radius 1 is 1.44 bits per heavy atom. The van der Waals surface area contributed by atoms with E-state index in [1.54, 1.807) is 12.1 Å². The largest absolute Gasteiger partial charge is 0.384 e. The summed E-state index contributed by atoms with van der Waals surface area (Å²) < 4.78 is 0. The van der Waals surface area contributed by atoms with Gasteiger partial charge in [-0.05, 0) is 19.1 Å². The summed E-state index contributed by atoms with van der Waals surface area (Å²) in [6, 6.07) is 5.17. The van der Waals surface area contributed by atoms with Gasteiger partial charge in [-0.1, -0.05) is 23.5 Å². The van der Waals surface area contributed by atoms with Crippen LogP contribution in [0.4, 0.5) is 0 Å². The molecule has 0 bridgehead atoms. The Morgan fingerprint density at radius 3 is 2.78 bits per heavy atom. The van der Waals surface area contributed by atoms with Crippen molar-refractivity contribution in [2.75, 3.05) is 13.2 Å². The maximum atomic E-state index is 11.8. The first kappa shape index (κ1) is 13.7. The lowest BCUT2D eigenvalue weighted by atomic mass is 10.0. The molecule has 5 nitrogen and oxygen atoms in total. The number of hydrogen-bond acceptors (Lipinski definition) is 3. The summed E-state index contributed by atoms with van der Waals surface area (Å²) in [7, 11) is 0. The van der Waals surface area contributed by atoms with E-state index in [-0.39, 0.29) is 13.2 Å². The van der Waals surface area contributed by atoms with Crippen molar-refractivity contribution >= 4 is 11.8 Å². The summed E-state index contributed by atoms with van der Waals surface area (Å²) >= 11 is 0. The number of aliphatic hydroxyl groups excluding tert-OH is 1. The van der Waals surface area contributed by atoms with E-state index < -0.39 is 11.8 Å². The molecule has 18 heavy (non-hydrogen) atoms. The zero-order valence-electron chi connectivity index (χ0n) is 9.99. The van der Waals surface area contributed by atoms with Gasteiger partial charge in [0.2, 0.25) is 5.91 Å². The second kappa shape index (κ2) is 6.42. The average Bonchev–Trinajstić information content (AvgIpc) is 2.34. The van der Waals surface area contributed by atoms with Gasteiger partial charge in [-0.15, -0.1) is 0 Å². The van der Waals surface area contributed by atoms with Gasteiger partial charge in [0.25, 0.3) is 5.91 Å². The van der Waals surface area contributed by atoms with Crippen molar-refractivity contribution in [1.82, 2.24) is 5.32 Å². The molecule has 0 heterocycles. The molecule has 0 aliphatic rings. The van der Waals surface area contributed by atoms with E-state index >= 15 is 0 Å². The first-order valence-electron chi connectivity index (χ1n) is 5.31. The molecule has 0 atom stereocenters. The summed E-state index contributed by atoms with van der Waals surface area (Å²) in [5.74, 6) is 4.13. The number of primary amides is 1. The van der Waals surface area contributed by atoms with E-state index in [1.165, 1.54) is 0 Å². The van der Waals surface area contributed by atoms with E-state index in [1.807, 2.05) is 13.0 Å². The summed E-state index contributed by atoms with van der Waals surface area (Å²) in [6.45, 7) is 1.34. The SMILES string of the molecule is Cc1ccc(C#CCO)c(C(=O)NCC(N)=O)c1. The normalized spacial score (nSPS) is 9.22. The Bertz CT molecular complexity index is 527. The van der Waals surface area contributed by atoms with Crippen LogP contribution in [-0.4, -0.2) is 30.1 Å². The van der Waals surface area contributed by atoms with Crippen LogP contribution >= 0.6 is 0 Å². The highest BCUT2D eigenvalue weighted by molar-refractivity contribution is 5.98. The van der Waals surface area contributed by atoms with Crippen LogP contribution in [0.25, 0.3) is 0 Å². The second-order valence-corrected chi connectivity index (χ2v) is 3.66. The van der Waals surface area contributed by atoms with Gasteiger partial charge < -0.3 is 16.2 Å². The fraction of sp³-hybridized carbons (Fsp3) is 0.231. The number of nitrogens with two attached hydrogens (primary N) is 1. The molecular formula is C13H14N2O3. The van der Waals surface area contributed by atoms with Crippen LogP contribution < -0.4 is 11.1 Å². The van der Waals surface area contributed by atoms with Crippen LogP contribution in [0, 0.1) is 18.8 Å². The number of aryl methyl sites for hydroxylation is 1. The maximum Gasteiger partial charge on any atom is 0.252 e. The van der Waals surface area contributed by atoms with Gasteiger partial charge in [0.15, 0.2) is 0 Å². The van der Waals surface area contributed by atoms with Gasteiger partial charge in [-0.3, -0.25) is 9.59 Å². The summed E-state index contributed by atoms with van der Waals surface area (Å²) in [5.41, 5.74) is 6.70. The Kier molecular flexibility index (Phi) is 4.90. The number of nitrogens with one attached hydrogen (secondary N) is 1. The van der Waals surface area contributed by atoms with Gasteiger partial charge >= 0.3 is 0 Å². The fourth-order valence-electron chi connectivity index (χ4n) is 1.35. The molecule has 2 amide bonds. The Hall–Kier alpha value is -2.32. The molecule has 5 heteroatoms. The lowest BCUT2D eigenvalue weighted by Crippen LogP contribution is -2.33. The van der Waals surface area contributed by atoms with Crippen LogP contribution in [0.1, 0.15) is 21.5 Å². The van der Waals surface area contributed by atoms with E-state index in [0.717, 1.165) is 5.56 Å². The molecule has 94 valence electrons. The molecule has 0 spiro atoms. The highest BCUT2D eigenvalue weighted by Crippen LogP contribution is 2.10. The highest BCUT2D eigenvalue weighted by Gasteiger charge is 2.10. The smallest absolute Gasteiger partial charge is 0.252 e. The van der Waals surface area contributed by atoms with Crippen molar-refractivity contribution in [1.29, 1.82) is 0 Å². The predicted molar refractivity (Wildman–Crippen MR) is 66.7 cm³/mol. The summed E-state index contributed by atoms with van der Waals surface area (Å²) in [5, 5.41) is 11.1. The highest BCUT2D eigenvalue weighted by atomic mass is 16.2. The van der Waals surface area contributed by atoms with Crippen molar-refractivity contribution < 1.29 is 14.7 Å². The number of benzene rings is 1. The van der Waals surface area contributed by atoms with Gasteiger partial charge in [0.05, 0.1) is 12.1 Å². The molecule has 1 aromatic carbocycles. The minimum Gasteiger partial charge on any atom is -0.384 e. The van der Waals surface area contributed by atoms with E-state index in [4.69, 9.17) is 10.8 Å². The molecule has 0 radical (unpaired) electrons. The molecule has 4 N–H and O–H groups in total.